The van der Waals surface area contributed by atoms with Gasteiger partial charge in [-0.2, -0.15) is 0 Å². The second-order valence-electron chi connectivity index (χ2n) is 5.75. The van der Waals surface area contributed by atoms with E-state index in [2.05, 4.69) is 24.3 Å². The first-order valence-electron chi connectivity index (χ1n) is 7.69. The molecule has 0 saturated carbocycles. The third kappa shape index (κ3) is 2.71. The van der Waals surface area contributed by atoms with Crippen LogP contribution in [-0.2, 0) is 6.42 Å². The Balaban J connectivity index is 1.84. The van der Waals surface area contributed by atoms with Gasteiger partial charge < -0.3 is 9.64 Å². The Labute approximate surface area is 131 Å². The van der Waals surface area contributed by atoms with E-state index in [1.54, 1.807) is 7.11 Å². The van der Waals surface area contributed by atoms with E-state index in [4.69, 9.17) is 4.74 Å². The van der Waals surface area contributed by atoms with Crippen molar-refractivity contribution in [3.05, 3.63) is 65.2 Å². The molecular weight excluding hydrogens is 274 g/mol. The molecule has 0 aromatic heterocycles. The van der Waals surface area contributed by atoms with E-state index in [0.717, 1.165) is 25.0 Å². The summed E-state index contributed by atoms with van der Waals surface area (Å²) in [5.74, 6) is 0.826. The maximum absolute atomic E-state index is 12.7. The topological polar surface area (TPSA) is 29.5 Å². The molecule has 0 saturated heterocycles. The van der Waals surface area contributed by atoms with E-state index in [9.17, 15) is 4.79 Å². The van der Waals surface area contributed by atoms with E-state index in [0.29, 0.717) is 5.56 Å². The summed E-state index contributed by atoms with van der Waals surface area (Å²) in [4.78, 5) is 14.6. The smallest absolute Gasteiger partial charge is 0.254 e. The van der Waals surface area contributed by atoms with Crippen molar-refractivity contribution in [3.63, 3.8) is 0 Å². The van der Waals surface area contributed by atoms with E-state index < -0.39 is 0 Å². The molecule has 1 unspecified atom stereocenters. The molecule has 1 amide bonds. The predicted octanol–water partition coefficient (Wildman–Crippen LogP) is 3.84. The van der Waals surface area contributed by atoms with Crippen LogP contribution in [0.1, 0.15) is 40.4 Å². The Morgan fingerprint density at radius 1 is 1.14 bits per heavy atom. The Morgan fingerprint density at radius 2 is 1.86 bits per heavy atom. The summed E-state index contributed by atoms with van der Waals surface area (Å²) in [5.41, 5.74) is 3.36. The minimum Gasteiger partial charge on any atom is -0.497 e. The molecule has 1 atom stereocenters. The molecule has 22 heavy (non-hydrogen) atoms. The Kier molecular flexibility index (Phi) is 4.14. The quantitative estimate of drug-likeness (QED) is 0.861. The maximum atomic E-state index is 12.7. The number of amides is 1. The number of hydrogen-bond donors (Lipinski definition) is 0. The van der Waals surface area contributed by atoms with Gasteiger partial charge >= 0.3 is 0 Å². The zero-order chi connectivity index (χ0) is 15.5. The number of methoxy groups -OCH3 is 1. The molecule has 2 aromatic carbocycles. The van der Waals surface area contributed by atoms with Gasteiger partial charge in [0.25, 0.3) is 5.91 Å². The lowest BCUT2D eigenvalue weighted by molar-refractivity contribution is 0.0715. The highest BCUT2D eigenvalue weighted by Gasteiger charge is 2.26. The van der Waals surface area contributed by atoms with Gasteiger partial charge in [-0.15, -0.1) is 0 Å². The Bertz CT molecular complexity index is 663. The van der Waals surface area contributed by atoms with Gasteiger partial charge in [-0.25, -0.2) is 0 Å². The first-order valence-corrected chi connectivity index (χ1v) is 7.69. The van der Waals surface area contributed by atoms with E-state index in [1.807, 2.05) is 36.2 Å². The predicted molar refractivity (Wildman–Crippen MR) is 87.2 cm³/mol. The van der Waals surface area contributed by atoms with Gasteiger partial charge in [-0.1, -0.05) is 24.3 Å². The lowest BCUT2D eigenvalue weighted by atomic mass is 9.87. The van der Waals surface area contributed by atoms with Crippen molar-refractivity contribution in [1.82, 2.24) is 4.90 Å². The van der Waals surface area contributed by atoms with Crippen LogP contribution in [0.15, 0.2) is 48.5 Å². The number of benzene rings is 2. The average molecular weight is 295 g/mol. The van der Waals surface area contributed by atoms with E-state index in [1.165, 1.54) is 11.1 Å². The Hall–Kier alpha value is -2.29. The monoisotopic (exact) mass is 295 g/mol. The third-order valence-electron chi connectivity index (χ3n) is 4.46. The van der Waals surface area contributed by atoms with Crippen molar-refractivity contribution in [2.24, 2.45) is 0 Å². The van der Waals surface area contributed by atoms with Crippen molar-refractivity contribution in [2.45, 2.75) is 25.3 Å². The fourth-order valence-corrected chi connectivity index (χ4v) is 3.21. The lowest BCUT2D eigenvalue weighted by Gasteiger charge is -2.33. The number of fused-ring (bicyclic) bond motifs is 1. The molecule has 1 aliphatic rings. The second-order valence-corrected chi connectivity index (χ2v) is 5.75. The van der Waals surface area contributed by atoms with Crippen molar-refractivity contribution >= 4 is 5.91 Å². The molecule has 3 nitrogen and oxygen atoms in total. The number of nitrogens with zero attached hydrogens (tertiary/aromatic N) is 1. The highest BCUT2D eigenvalue weighted by atomic mass is 16.5. The van der Waals surface area contributed by atoms with Crippen LogP contribution < -0.4 is 4.74 Å². The van der Waals surface area contributed by atoms with Crippen LogP contribution in [0.4, 0.5) is 0 Å². The number of aryl methyl sites for hydroxylation is 1. The van der Waals surface area contributed by atoms with Crippen LogP contribution in [0, 0.1) is 0 Å². The first kappa shape index (κ1) is 14.6. The first-order chi connectivity index (χ1) is 10.7. The number of carbonyl (C=O) groups excluding carboxylic acids is 1. The zero-order valence-corrected chi connectivity index (χ0v) is 13.1. The largest absolute Gasteiger partial charge is 0.497 e. The fourth-order valence-electron chi connectivity index (χ4n) is 3.21. The molecule has 0 radical (unpaired) electrons. The van der Waals surface area contributed by atoms with Gasteiger partial charge in [0.2, 0.25) is 0 Å². The summed E-state index contributed by atoms with van der Waals surface area (Å²) in [6, 6.07) is 15.9. The summed E-state index contributed by atoms with van der Waals surface area (Å²) in [7, 11) is 3.53. The summed E-state index contributed by atoms with van der Waals surface area (Å²) >= 11 is 0. The van der Waals surface area contributed by atoms with Gasteiger partial charge in [0.05, 0.1) is 13.2 Å². The van der Waals surface area contributed by atoms with Crippen molar-refractivity contribution < 1.29 is 9.53 Å². The van der Waals surface area contributed by atoms with Crippen molar-refractivity contribution in [3.8, 4) is 5.75 Å². The van der Waals surface area contributed by atoms with Crippen LogP contribution >= 0.6 is 0 Å². The van der Waals surface area contributed by atoms with Gasteiger partial charge in [-0.05, 0) is 54.7 Å². The molecule has 2 aromatic rings. The highest BCUT2D eigenvalue weighted by Crippen LogP contribution is 2.34. The molecule has 0 spiro atoms. The molecule has 114 valence electrons. The average Bonchev–Trinajstić information content (AvgIpc) is 2.60. The number of rotatable bonds is 3. The van der Waals surface area contributed by atoms with Gasteiger partial charge in [0, 0.05) is 12.6 Å². The summed E-state index contributed by atoms with van der Waals surface area (Å²) in [5, 5.41) is 0. The van der Waals surface area contributed by atoms with Crippen LogP contribution in [0.25, 0.3) is 0 Å². The molecule has 3 rings (SSSR count). The SMILES string of the molecule is COc1ccc(C(=O)N(C)C2CCCc3ccccc32)cc1. The van der Waals surface area contributed by atoms with Crippen molar-refractivity contribution in [2.75, 3.05) is 14.2 Å². The van der Waals surface area contributed by atoms with E-state index >= 15 is 0 Å². The Morgan fingerprint density at radius 3 is 2.59 bits per heavy atom. The van der Waals surface area contributed by atoms with Gasteiger partial charge in [0.1, 0.15) is 5.75 Å². The molecule has 0 aliphatic heterocycles. The molecule has 0 N–H and O–H groups in total. The third-order valence-corrected chi connectivity index (χ3v) is 4.46. The fraction of sp³-hybridized carbons (Fsp3) is 0.316. The van der Waals surface area contributed by atoms with Crippen LogP contribution in [-0.4, -0.2) is 25.0 Å². The number of ether oxygens (including phenoxy) is 1. The standard InChI is InChI=1S/C19H21NO2/c1-20(19(21)15-10-12-16(22-2)13-11-15)18-9-5-7-14-6-3-4-8-17(14)18/h3-4,6,8,10-13,18H,5,7,9H2,1-2H3. The van der Waals surface area contributed by atoms with Crippen LogP contribution in [0.3, 0.4) is 0 Å². The zero-order valence-electron chi connectivity index (χ0n) is 13.1. The normalized spacial score (nSPS) is 16.7. The molecule has 0 bridgehead atoms. The molecule has 0 fully saturated rings. The molecular formula is C19H21NO2. The summed E-state index contributed by atoms with van der Waals surface area (Å²) < 4.78 is 5.15. The summed E-state index contributed by atoms with van der Waals surface area (Å²) in [6.45, 7) is 0. The van der Waals surface area contributed by atoms with Gasteiger partial charge in [0.15, 0.2) is 0 Å². The van der Waals surface area contributed by atoms with Crippen LogP contribution in [0.2, 0.25) is 0 Å². The lowest BCUT2D eigenvalue weighted by Crippen LogP contribution is -2.33. The van der Waals surface area contributed by atoms with Crippen molar-refractivity contribution in [1.29, 1.82) is 0 Å². The minimum atomic E-state index is 0.0596. The summed E-state index contributed by atoms with van der Waals surface area (Å²) in [6.07, 6.45) is 3.26. The minimum absolute atomic E-state index is 0.0596. The van der Waals surface area contributed by atoms with E-state index in [-0.39, 0.29) is 11.9 Å². The van der Waals surface area contributed by atoms with Gasteiger partial charge in [-0.3, -0.25) is 4.79 Å². The van der Waals surface area contributed by atoms with Crippen LogP contribution in [0.5, 0.6) is 5.75 Å². The highest BCUT2D eigenvalue weighted by molar-refractivity contribution is 5.94. The molecule has 0 heterocycles. The second kappa shape index (κ2) is 6.22. The molecule has 3 heteroatoms. The molecule has 1 aliphatic carbocycles. The number of carbonyl (C=O) groups is 1. The maximum Gasteiger partial charge on any atom is 0.254 e. The number of hydrogen-bond acceptors (Lipinski definition) is 2.